The van der Waals surface area contributed by atoms with Crippen LogP contribution in [0.4, 0.5) is 0 Å². The Bertz CT molecular complexity index is 700. The van der Waals surface area contributed by atoms with Crippen molar-refractivity contribution in [1.82, 2.24) is 14.8 Å². The van der Waals surface area contributed by atoms with Crippen LogP contribution in [0.25, 0.3) is 0 Å². The van der Waals surface area contributed by atoms with E-state index in [-0.39, 0.29) is 5.91 Å². The first kappa shape index (κ1) is 17.2. The highest BCUT2D eigenvalue weighted by Crippen LogP contribution is 2.26. The van der Waals surface area contributed by atoms with Crippen molar-refractivity contribution in [1.29, 1.82) is 0 Å². The number of nitrogens with zero attached hydrogens (tertiary/aromatic N) is 2. The van der Waals surface area contributed by atoms with Crippen LogP contribution >= 0.6 is 0 Å². The number of hydrogen-bond acceptors (Lipinski definition) is 3. The maximum absolute atomic E-state index is 12.6. The second-order valence-corrected chi connectivity index (χ2v) is 6.32. The third-order valence-electron chi connectivity index (χ3n) is 4.65. The first-order valence-corrected chi connectivity index (χ1v) is 8.56. The van der Waals surface area contributed by atoms with E-state index in [1.54, 1.807) is 0 Å². The number of aliphatic carboxylic acids is 1. The quantitative estimate of drug-likeness (QED) is 0.804. The number of hydrogen-bond donors (Lipinski definition) is 2. The molecule has 3 rings (SSSR count). The van der Waals surface area contributed by atoms with Gasteiger partial charge in [-0.1, -0.05) is 30.3 Å². The summed E-state index contributed by atoms with van der Waals surface area (Å²) in [5.41, 5.74) is 1.01. The van der Waals surface area contributed by atoms with E-state index in [1.165, 1.54) is 0 Å². The molecule has 6 nitrogen and oxygen atoms in total. The van der Waals surface area contributed by atoms with Gasteiger partial charge in [-0.15, -0.1) is 0 Å². The fourth-order valence-corrected chi connectivity index (χ4v) is 3.37. The van der Waals surface area contributed by atoms with E-state index in [4.69, 9.17) is 0 Å². The summed E-state index contributed by atoms with van der Waals surface area (Å²) in [6.45, 7) is 1.70. The van der Waals surface area contributed by atoms with E-state index in [1.807, 2.05) is 64.3 Å². The Morgan fingerprint density at radius 2 is 1.72 bits per heavy atom. The Balaban J connectivity index is 1.63. The Morgan fingerprint density at radius 1 is 1.04 bits per heavy atom. The molecule has 1 aliphatic heterocycles. The number of benzene rings is 1. The van der Waals surface area contributed by atoms with Crippen LogP contribution in [0.1, 0.15) is 18.4 Å². The van der Waals surface area contributed by atoms with Gasteiger partial charge in [-0.2, -0.15) is 0 Å². The summed E-state index contributed by atoms with van der Waals surface area (Å²) in [4.78, 5) is 26.0. The first-order chi connectivity index (χ1) is 12.1. The molecule has 1 amide bonds. The van der Waals surface area contributed by atoms with Crippen LogP contribution in [-0.2, 0) is 22.7 Å². The van der Waals surface area contributed by atoms with Gasteiger partial charge in [0.25, 0.3) is 0 Å². The van der Waals surface area contributed by atoms with Crippen LogP contribution in [0.2, 0.25) is 0 Å². The summed E-state index contributed by atoms with van der Waals surface area (Å²) in [6.07, 6.45) is 4.96. The zero-order valence-electron chi connectivity index (χ0n) is 14.0. The van der Waals surface area contributed by atoms with E-state index >= 15 is 0 Å². The number of carbonyl (C=O) groups excluding carboxylic acids is 1. The maximum atomic E-state index is 12.6. The Kier molecular flexibility index (Phi) is 5.50. The summed E-state index contributed by atoms with van der Waals surface area (Å²) in [5, 5.41) is 12.4. The zero-order valence-corrected chi connectivity index (χ0v) is 14.0. The zero-order chi connectivity index (χ0) is 17.6. The van der Waals surface area contributed by atoms with Crippen molar-refractivity contribution in [3.63, 3.8) is 0 Å². The van der Waals surface area contributed by atoms with Crippen molar-refractivity contribution < 1.29 is 14.7 Å². The predicted molar refractivity (Wildman–Crippen MR) is 93.9 cm³/mol. The molecule has 1 aromatic carbocycles. The maximum Gasteiger partial charge on any atom is 0.320 e. The van der Waals surface area contributed by atoms with Crippen molar-refractivity contribution in [2.45, 2.75) is 38.0 Å². The number of rotatable bonds is 7. The normalized spacial score (nSPS) is 20.5. The summed E-state index contributed by atoms with van der Waals surface area (Å²) in [5.74, 6) is -0.953. The van der Waals surface area contributed by atoms with E-state index in [0.29, 0.717) is 32.5 Å². The molecular formula is C19H23N3O3. The molecule has 0 spiro atoms. The molecule has 25 heavy (non-hydrogen) atoms. The minimum atomic E-state index is -0.862. The molecule has 6 heteroatoms. The number of carboxylic acids is 1. The summed E-state index contributed by atoms with van der Waals surface area (Å²) in [6, 6.07) is 12.6. The van der Waals surface area contributed by atoms with Gasteiger partial charge in [0.1, 0.15) is 6.04 Å². The van der Waals surface area contributed by atoms with Gasteiger partial charge >= 0.3 is 5.97 Å². The van der Waals surface area contributed by atoms with E-state index in [0.717, 1.165) is 5.56 Å². The number of carbonyl (C=O) groups is 2. The van der Waals surface area contributed by atoms with Crippen molar-refractivity contribution >= 4 is 11.9 Å². The predicted octanol–water partition coefficient (Wildman–Crippen LogP) is 1.72. The van der Waals surface area contributed by atoms with Crippen molar-refractivity contribution in [3.8, 4) is 0 Å². The molecule has 1 aliphatic rings. The third-order valence-corrected chi connectivity index (χ3v) is 4.65. The first-order valence-electron chi connectivity index (χ1n) is 8.56. The molecule has 1 fully saturated rings. The Hall–Kier alpha value is -2.60. The minimum Gasteiger partial charge on any atom is -0.480 e. The Morgan fingerprint density at radius 3 is 2.40 bits per heavy atom. The molecular weight excluding hydrogens is 318 g/mol. The SMILES string of the molecule is O=C(O)C1CCC(C(=O)NCCn2cccc2)N1Cc1ccccc1. The largest absolute Gasteiger partial charge is 0.480 e. The summed E-state index contributed by atoms with van der Waals surface area (Å²) < 4.78 is 2.00. The van der Waals surface area contributed by atoms with E-state index in [2.05, 4.69) is 5.32 Å². The van der Waals surface area contributed by atoms with Gasteiger partial charge in [0, 0.05) is 32.0 Å². The van der Waals surface area contributed by atoms with Crippen LogP contribution in [0, 0.1) is 0 Å². The lowest BCUT2D eigenvalue weighted by Gasteiger charge is -2.27. The van der Waals surface area contributed by atoms with Crippen molar-refractivity contribution in [2.75, 3.05) is 6.54 Å². The highest BCUT2D eigenvalue weighted by molar-refractivity contribution is 5.84. The standard InChI is InChI=1S/C19H23N3O3/c23-18(20-10-13-21-11-4-5-12-21)16-8-9-17(19(24)25)22(16)14-15-6-2-1-3-7-15/h1-7,11-12,16-17H,8-10,13-14H2,(H,20,23)(H,24,25). The second-order valence-electron chi connectivity index (χ2n) is 6.32. The monoisotopic (exact) mass is 341 g/mol. The summed E-state index contributed by atoms with van der Waals surface area (Å²) >= 11 is 0. The van der Waals surface area contributed by atoms with Crippen LogP contribution in [0.15, 0.2) is 54.9 Å². The van der Waals surface area contributed by atoms with Crippen molar-refractivity contribution in [3.05, 3.63) is 60.4 Å². The number of carboxylic acid groups (broad SMARTS) is 1. The number of likely N-dealkylation sites (tertiary alicyclic amines) is 1. The molecule has 0 radical (unpaired) electrons. The number of amides is 1. The number of aromatic nitrogens is 1. The average molecular weight is 341 g/mol. The lowest BCUT2D eigenvalue weighted by Crippen LogP contribution is -2.48. The highest BCUT2D eigenvalue weighted by Gasteiger charge is 2.41. The minimum absolute atomic E-state index is 0.0909. The van der Waals surface area contributed by atoms with Gasteiger partial charge in [0.05, 0.1) is 6.04 Å². The fourth-order valence-electron chi connectivity index (χ4n) is 3.37. The molecule has 132 valence electrons. The highest BCUT2D eigenvalue weighted by atomic mass is 16.4. The Labute approximate surface area is 147 Å². The molecule has 2 atom stereocenters. The molecule has 2 N–H and O–H groups in total. The molecule has 2 aromatic rings. The third kappa shape index (κ3) is 4.28. The molecule has 0 bridgehead atoms. The molecule has 1 aromatic heterocycles. The molecule has 0 aliphatic carbocycles. The van der Waals surface area contributed by atoms with Gasteiger partial charge < -0.3 is 15.0 Å². The lowest BCUT2D eigenvalue weighted by molar-refractivity contribution is -0.143. The van der Waals surface area contributed by atoms with Gasteiger partial charge in [-0.3, -0.25) is 14.5 Å². The van der Waals surface area contributed by atoms with Crippen LogP contribution in [-0.4, -0.2) is 45.1 Å². The lowest BCUT2D eigenvalue weighted by atomic mass is 10.1. The smallest absolute Gasteiger partial charge is 0.320 e. The van der Waals surface area contributed by atoms with E-state index < -0.39 is 18.1 Å². The van der Waals surface area contributed by atoms with Gasteiger partial charge in [0.2, 0.25) is 5.91 Å². The average Bonchev–Trinajstić information content (AvgIpc) is 3.25. The molecule has 2 heterocycles. The number of nitrogens with one attached hydrogen (secondary N) is 1. The fraction of sp³-hybridized carbons (Fsp3) is 0.368. The topological polar surface area (TPSA) is 74.6 Å². The van der Waals surface area contributed by atoms with Crippen LogP contribution in [0.3, 0.4) is 0 Å². The van der Waals surface area contributed by atoms with Gasteiger partial charge in [-0.05, 0) is 30.5 Å². The molecule has 0 saturated carbocycles. The molecule has 2 unspecified atom stereocenters. The van der Waals surface area contributed by atoms with Gasteiger partial charge in [-0.25, -0.2) is 0 Å². The van der Waals surface area contributed by atoms with Crippen LogP contribution in [0.5, 0.6) is 0 Å². The second kappa shape index (κ2) is 7.98. The van der Waals surface area contributed by atoms with E-state index in [9.17, 15) is 14.7 Å². The van der Waals surface area contributed by atoms with Crippen molar-refractivity contribution in [2.24, 2.45) is 0 Å². The van der Waals surface area contributed by atoms with Crippen LogP contribution < -0.4 is 5.32 Å². The van der Waals surface area contributed by atoms with Gasteiger partial charge in [0.15, 0.2) is 0 Å². The molecule has 1 saturated heterocycles. The summed E-state index contributed by atoms with van der Waals surface area (Å²) in [7, 11) is 0.